The van der Waals surface area contributed by atoms with Crippen molar-refractivity contribution in [2.45, 2.75) is 76.2 Å². The minimum Gasteiger partial charge on any atom is -0.480 e. The molecular formula is C33H48N10O10S2. The number of nitrogens with one attached hydrogen (secondary N) is 4. The van der Waals surface area contributed by atoms with Gasteiger partial charge in [-0.2, -0.15) is 9.97 Å². The van der Waals surface area contributed by atoms with Crippen molar-refractivity contribution in [2.75, 3.05) is 41.4 Å². The molecule has 3 rings (SSSR count). The van der Waals surface area contributed by atoms with Crippen LogP contribution in [0.2, 0.25) is 0 Å². The molecule has 0 unspecified atom stereocenters. The van der Waals surface area contributed by atoms with Gasteiger partial charge in [0, 0.05) is 47.7 Å². The number of carbonyl (C=O) groups excluding carboxylic acids is 3. The molecule has 0 aliphatic heterocycles. The van der Waals surface area contributed by atoms with Crippen LogP contribution in [0.1, 0.15) is 49.2 Å². The van der Waals surface area contributed by atoms with Gasteiger partial charge in [-0.15, -0.1) is 0 Å². The highest BCUT2D eigenvalue weighted by molar-refractivity contribution is 8.76. The molecule has 14 N–H and O–H groups in total. The minimum absolute atomic E-state index is 0.000260. The Labute approximate surface area is 324 Å². The van der Waals surface area contributed by atoms with Gasteiger partial charge in [-0.05, 0) is 44.0 Å². The Balaban J connectivity index is 1.32. The van der Waals surface area contributed by atoms with Gasteiger partial charge in [0.15, 0.2) is 17.0 Å². The SMILES string of the molecule is C[C@H](CSSCC[C@H](NC(=O)c1ccc(NCc2cnc3nc(N)nc(N)c3n2)cc1)C(=O)O)NC(=O)[C@@H](C)CCC(=O)NC[C@H](O)[C@@H](O)[C@H](O)[C@H](O)CO. The third-order valence-electron chi connectivity index (χ3n) is 8.09. The third-order valence-corrected chi connectivity index (χ3v) is 10.7. The highest BCUT2D eigenvalue weighted by Gasteiger charge is 2.30. The van der Waals surface area contributed by atoms with Crippen LogP contribution in [0.15, 0.2) is 30.5 Å². The number of anilines is 3. The zero-order valence-electron chi connectivity index (χ0n) is 30.2. The number of aliphatic carboxylic acids is 1. The molecule has 0 bridgehead atoms. The average molecular weight is 809 g/mol. The number of fused-ring (bicyclic) bond motifs is 1. The molecule has 0 spiro atoms. The van der Waals surface area contributed by atoms with Crippen LogP contribution in [-0.2, 0) is 20.9 Å². The molecule has 1 aromatic carbocycles. The van der Waals surface area contributed by atoms with Crippen molar-refractivity contribution in [2.24, 2.45) is 5.92 Å². The van der Waals surface area contributed by atoms with E-state index >= 15 is 0 Å². The Hall–Kier alpha value is -4.58. The van der Waals surface area contributed by atoms with Crippen molar-refractivity contribution in [1.29, 1.82) is 0 Å². The maximum absolute atomic E-state index is 12.8. The number of nitrogens with zero attached hydrogens (tertiary/aromatic N) is 4. The van der Waals surface area contributed by atoms with Crippen LogP contribution >= 0.6 is 21.6 Å². The number of hydrogen-bond donors (Lipinski definition) is 12. The smallest absolute Gasteiger partial charge is 0.326 e. The van der Waals surface area contributed by atoms with Crippen LogP contribution in [0.25, 0.3) is 11.2 Å². The van der Waals surface area contributed by atoms with E-state index in [-0.39, 0.29) is 60.7 Å². The van der Waals surface area contributed by atoms with E-state index in [0.29, 0.717) is 28.4 Å². The van der Waals surface area contributed by atoms with Crippen molar-refractivity contribution in [1.82, 2.24) is 35.9 Å². The fourth-order valence-corrected chi connectivity index (χ4v) is 7.15. The molecule has 55 heavy (non-hydrogen) atoms. The number of aliphatic hydroxyl groups excluding tert-OH is 5. The van der Waals surface area contributed by atoms with Crippen LogP contribution < -0.4 is 32.7 Å². The summed E-state index contributed by atoms with van der Waals surface area (Å²) in [6, 6.07) is 5.12. The molecule has 0 saturated carbocycles. The normalized spacial score (nSPS) is 15.2. The lowest BCUT2D eigenvalue weighted by molar-refractivity contribution is -0.139. The molecule has 22 heteroatoms. The van der Waals surface area contributed by atoms with Crippen LogP contribution in [0.3, 0.4) is 0 Å². The van der Waals surface area contributed by atoms with Crippen molar-refractivity contribution >= 4 is 73.9 Å². The zero-order chi connectivity index (χ0) is 40.7. The molecule has 0 saturated heterocycles. The van der Waals surface area contributed by atoms with E-state index in [1.807, 2.05) is 0 Å². The van der Waals surface area contributed by atoms with Gasteiger partial charge in [0.25, 0.3) is 5.91 Å². The van der Waals surface area contributed by atoms with Gasteiger partial charge < -0.3 is 63.4 Å². The number of aliphatic hydroxyl groups is 5. The van der Waals surface area contributed by atoms with Crippen molar-refractivity contribution in [3.8, 4) is 0 Å². The largest absolute Gasteiger partial charge is 0.480 e. The standard InChI is InChI=1S/C33H48N10O10S2/c1-16(3-8-24(47)37-13-22(45)26(48)27(49)23(46)14-44)30(50)39-17(2)15-55-54-10-9-21(32(52)53)41-31(51)18-4-6-19(7-5-18)36-11-20-12-38-29-25(40-20)28(34)42-33(35)43-29/h4-7,12,16-17,21-23,26-27,36,44-46,48-49H,3,8-11,13-15H2,1-2H3,(H,37,47)(H,39,50)(H,41,51)(H,52,53)(H4,34,35,38,42,43)/t16-,17+,21-,22-,23+,26+,27+/m0/s1. The molecule has 3 aromatic rings. The number of nitrogen functional groups attached to an aromatic ring is 2. The average Bonchev–Trinajstić information content (AvgIpc) is 3.16. The minimum atomic E-state index is -1.81. The van der Waals surface area contributed by atoms with Crippen LogP contribution in [0.4, 0.5) is 17.5 Å². The molecule has 0 aliphatic rings. The first kappa shape index (κ1) is 44.8. The first-order valence-corrected chi connectivity index (χ1v) is 19.6. The second-order valence-corrected chi connectivity index (χ2v) is 15.3. The topological polar surface area (TPSA) is 341 Å². The molecule has 0 aliphatic carbocycles. The van der Waals surface area contributed by atoms with E-state index < -0.39 is 67.3 Å². The molecule has 20 nitrogen and oxygen atoms in total. The Kier molecular flexibility index (Phi) is 18.0. The number of carboxylic acid groups (broad SMARTS) is 1. The second-order valence-electron chi connectivity index (χ2n) is 12.6. The molecule has 2 aromatic heterocycles. The van der Waals surface area contributed by atoms with Gasteiger partial charge in [-0.3, -0.25) is 14.4 Å². The van der Waals surface area contributed by atoms with Crippen molar-refractivity contribution < 1.29 is 49.8 Å². The van der Waals surface area contributed by atoms with Crippen molar-refractivity contribution in [3.63, 3.8) is 0 Å². The number of hydrogen-bond acceptors (Lipinski definition) is 18. The molecule has 7 atom stereocenters. The summed E-state index contributed by atoms with van der Waals surface area (Å²) in [6.45, 7) is 2.52. The van der Waals surface area contributed by atoms with E-state index in [1.165, 1.54) is 27.8 Å². The van der Waals surface area contributed by atoms with E-state index in [4.69, 9.17) is 16.6 Å². The van der Waals surface area contributed by atoms with Gasteiger partial charge in [0.1, 0.15) is 24.4 Å². The Bertz CT molecular complexity index is 1750. The van der Waals surface area contributed by atoms with Gasteiger partial charge >= 0.3 is 5.97 Å². The number of benzene rings is 1. The summed E-state index contributed by atoms with van der Waals surface area (Å²) in [5.41, 5.74) is 13.6. The predicted octanol–water partition coefficient (Wildman–Crippen LogP) is -1.38. The summed E-state index contributed by atoms with van der Waals surface area (Å²) in [7, 11) is 2.83. The molecule has 2 heterocycles. The molecule has 0 fully saturated rings. The van der Waals surface area contributed by atoms with Crippen LogP contribution in [-0.4, -0.2) is 135 Å². The lowest BCUT2D eigenvalue weighted by atomic mass is 10.0. The van der Waals surface area contributed by atoms with E-state index in [1.54, 1.807) is 38.1 Å². The fourth-order valence-electron chi connectivity index (χ4n) is 4.77. The maximum atomic E-state index is 12.8. The summed E-state index contributed by atoms with van der Waals surface area (Å²) < 4.78 is 0. The summed E-state index contributed by atoms with van der Waals surface area (Å²) in [6.07, 6.45) is -5.01. The number of rotatable bonds is 23. The van der Waals surface area contributed by atoms with Gasteiger partial charge in [-0.1, -0.05) is 28.5 Å². The van der Waals surface area contributed by atoms with E-state index in [9.17, 15) is 44.7 Å². The maximum Gasteiger partial charge on any atom is 0.326 e. The Morgan fingerprint density at radius 1 is 0.891 bits per heavy atom. The number of amides is 3. The van der Waals surface area contributed by atoms with Crippen LogP contribution in [0.5, 0.6) is 0 Å². The van der Waals surface area contributed by atoms with Gasteiger partial charge in [0.2, 0.25) is 17.8 Å². The predicted molar refractivity (Wildman–Crippen MR) is 206 cm³/mol. The molecule has 302 valence electrons. The number of carboxylic acids is 1. The summed E-state index contributed by atoms with van der Waals surface area (Å²) in [4.78, 5) is 66.0. The molecular weight excluding hydrogens is 761 g/mol. The zero-order valence-corrected chi connectivity index (χ0v) is 31.8. The monoisotopic (exact) mass is 808 g/mol. The summed E-state index contributed by atoms with van der Waals surface area (Å²) >= 11 is 0. The summed E-state index contributed by atoms with van der Waals surface area (Å²) in [5, 5.41) is 68.3. The van der Waals surface area contributed by atoms with Gasteiger partial charge in [-0.25, -0.2) is 14.8 Å². The third kappa shape index (κ3) is 14.5. The van der Waals surface area contributed by atoms with Gasteiger partial charge in [0.05, 0.1) is 31.1 Å². The molecule has 3 amide bonds. The highest BCUT2D eigenvalue weighted by Crippen LogP contribution is 2.24. The Morgan fingerprint density at radius 2 is 1.58 bits per heavy atom. The number of nitrogens with two attached hydrogens (primary N) is 2. The van der Waals surface area contributed by atoms with Crippen molar-refractivity contribution in [3.05, 3.63) is 41.7 Å². The highest BCUT2D eigenvalue weighted by atomic mass is 33.1. The lowest BCUT2D eigenvalue weighted by Crippen LogP contribution is -2.49. The number of carbonyl (C=O) groups is 4. The van der Waals surface area contributed by atoms with E-state index in [2.05, 4.69) is 41.2 Å². The lowest BCUT2D eigenvalue weighted by Gasteiger charge is -2.25. The fraction of sp³-hybridized carbons (Fsp3) is 0.515. The Morgan fingerprint density at radius 3 is 2.25 bits per heavy atom. The van der Waals surface area contributed by atoms with E-state index in [0.717, 1.165) is 0 Å². The quantitative estimate of drug-likeness (QED) is 0.0388. The number of aromatic nitrogens is 4. The first-order valence-electron chi connectivity index (χ1n) is 17.2. The first-order chi connectivity index (χ1) is 26.1. The molecule has 0 radical (unpaired) electrons. The second kappa shape index (κ2) is 22.1. The summed E-state index contributed by atoms with van der Waals surface area (Å²) in [5.74, 6) is -1.96. The van der Waals surface area contributed by atoms with Crippen LogP contribution in [0, 0.1) is 5.92 Å².